The molecule has 4 heteroatoms. The SMILES string of the molecule is O=c1c2ccccc2[nH]c2cccc(N(Br)c3ccccc3)c12. The molecule has 112 valence electrons. The number of H-pyrrole nitrogens is 1. The number of aromatic amines is 1. The van der Waals surface area contributed by atoms with Crippen LogP contribution in [0.5, 0.6) is 0 Å². The molecule has 1 aromatic heterocycles. The molecular formula is C19H13BrN2O. The third-order valence-corrected chi connectivity index (χ3v) is 4.70. The lowest BCUT2D eigenvalue weighted by Crippen LogP contribution is -2.10. The number of para-hydroxylation sites is 2. The van der Waals surface area contributed by atoms with Gasteiger partial charge in [-0.1, -0.05) is 36.4 Å². The lowest BCUT2D eigenvalue weighted by molar-refractivity contribution is 1.44. The summed E-state index contributed by atoms with van der Waals surface area (Å²) in [5, 5.41) is 1.37. The minimum Gasteiger partial charge on any atom is -0.354 e. The molecular weight excluding hydrogens is 352 g/mol. The van der Waals surface area contributed by atoms with Crippen molar-refractivity contribution < 1.29 is 0 Å². The fourth-order valence-electron chi connectivity index (χ4n) is 2.81. The molecule has 4 aromatic rings. The van der Waals surface area contributed by atoms with Crippen LogP contribution in [-0.2, 0) is 0 Å². The monoisotopic (exact) mass is 364 g/mol. The molecule has 0 saturated carbocycles. The van der Waals surface area contributed by atoms with Crippen LogP contribution < -0.4 is 9.35 Å². The predicted molar refractivity (Wildman–Crippen MR) is 99.6 cm³/mol. The molecule has 3 aromatic carbocycles. The van der Waals surface area contributed by atoms with Crippen LogP contribution in [0.25, 0.3) is 21.8 Å². The van der Waals surface area contributed by atoms with Gasteiger partial charge in [0.1, 0.15) is 0 Å². The molecule has 0 aliphatic carbocycles. The van der Waals surface area contributed by atoms with Crippen LogP contribution in [0, 0.1) is 0 Å². The van der Waals surface area contributed by atoms with Crippen molar-refractivity contribution in [3.8, 4) is 0 Å². The predicted octanol–water partition coefficient (Wildman–Crippen LogP) is 5.13. The molecule has 3 nitrogen and oxygen atoms in total. The second kappa shape index (κ2) is 5.56. The van der Waals surface area contributed by atoms with E-state index in [0.29, 0.717) is 10.8 Å². The van der Waals surface area contributed by atoms with E-state index in [1.54, 1.807) is 0 Å². The Morgan fingerprint density at radius 2 is 1.48 bits per heavy atom. The first-order chi connectivity index (χ1) is 11.3. The summed E-state index contributed by atoms with van der Waals surface area (Å²) in [6.07, 6.45) is 0. The van der Waals surface area contributed by atoms with Crippen LogP contribution in [0.3, 0.4) is 0 Å². The number of nitrogens with zero attached hydrogens (tertiary/aromatic N) is 1. The topological polar surface area (TPSA) is 36.1 Å². The summed E-state index contributed by atoms with van der Waals surface area (Å²) in [7, 11) is 0. The first kappa shape index (κ1) is 14.0. The molecule has 4 rings (SSSR count). The van der Waals surface area contributed by atoms with Gasteiger partial charge in [-0.15, -0.1) is 0 Å². The molecule has 0 amide bonds. The number of benzene rings is 3. The third-order valence-electron chi connectivity index (χ3n) is 3.90. The fraction of sp³-hybridized carbons (Fsp3) is 0. The molecule has 0 aliphatic rings. The van der Waals surface area contributed by atoms with Gasteiger partial charge in [0.25, 0.3) is 0 Å². The average Bonchev–Trinajstić information content (AvgIpc) is 2.61. The van der Waals surface area contributed by atoms with Gasteiger partial charge in [0.15, 0.2) is 5.43 Å². The van der Waals surface area contributed by atoms with Gasteiger partial charge in [-0.2, -0.15) is 0 Å². The summed E-state index contributed by atoms with van der Waals surface area (Å²) < 4.78 is 1.86. The zero-order chi connectivity index (χ0) is 15.8. The molecule has 0 aliphatic heterocycles. The van der Waals surface area contributed by atoms with Crippen LogP contribution in [0.15, 0.2) is 77.6 Å². The molecule has 0 bridgehead atoms. The zero-order valence-electron chi connectivity index (χ0n) is 12.2. The summed E-state index contributed by atoms with van der Waals surface area (Å²) >= 11 is 3.59. The van der Waals surface area contributed by atoms with Crippen LogP contribution in [0.4, 0.5) is 11.4 Å². The number of fused-ring (bicyclic) bond motifs is 2. The van der Waals surface area contributed by atoms with E-state index in [1.807, 2.05) is 76.7 Å². The highest BCUT2D eigenvalue weighted by molar-refractivity contribution is 9.10. The van der Waals surface area contributed by atoms with Crippen LogP contribution in [-0.4, -0.2) is 4.98 Å². The van der Waals surface area contributed by atoms with Crippen molar-refractivity contribution in [1.29, 1.82) is 0 Å². The number of hydrogen-bond donors (Lipinski definition) is 1. The van der Waals surface area contributed by atoms with Crippen molar-refractivity contribution in [2.75, 3.05) is 3.93 Å². The number of rotatable bonds is 2. The lowest BCUT2D eigenvalue weighted by Gasteiger charge is -2.18. The molecule has 0 fully saturated rings. The van der Waals surface area contributed by atoms with Crippen molar-refractivity contribution in [2.45, 2.75) is 0 Å². The van der Waals surface area contributed by atoms with Gasteiger partial charge < -0.3 is 4.98 Å². The molecule has 0 radical (unpaired) electrons. The van der Waals surface area contributed by atoms with Gasteiger partial charge in [-0.25, -0.2) is 0 Å². The summed E-state index contributed by atoms with van der Waals surface area (Å²) in [6, 6.07) is 23.3. The summed E-state index contributed by atoms with van der Waals surface area (Å²) in [5.74, 6) is 0. The third kappa shape index (κ3) is 2.32. The molecule has 0 spiro atoms. The van der Waals surface area contributed by atoms with E-state index >= 15 is 0 Å². The number of hydrogen-bond acceptors (Lipinski definition) is 2. The standard InChI is InChI=1S/C19H13BrN2O/c20-22(13-7-2-1-3-8-13)17-12-6-11-16-18(17)19(23)14-9-4-5-10-15(14)21-16/h1-12H,(H,21,23). The van der Waals surface area contributed by atoms with E-state index in [9.17, 15) is 4.79 Å². The van der Waals surface area contributed by atoms with E-state index in [2.05, 4.69) is 21.1 Å². The summed E-state index contributed by atoms with van der Waals surface area (Å²) in [6.45, 7) is 0. The van der Waals surface area contributed by atoms with Gasteiger partial charge >= 0.3 is 0 Å². The van der Waals surface area contributed by atoms with Crippen molar-refractivity contribution in [3.05, 3.63) is 83.0 Å². The van der Waals surface area contributed by atoms with Crippen LogP contribution >= 0.6 is 16.1 Å². The van der Waals surface area contributed by atoms with E-state index in [4.69, 9.17) is 0 Å². The molecule has 1 N–H and O–H groups in total. The molecule has 1 heterocycles. The Balaban J connectivity index is 2.05. The highest BCUT2D eigenvalue weighted by Crippen LogP contribution is 2.33. The Bertz CT molecular complexity index is 1060. The first-order valence-electron chi connectivity index (χ1n) is 7.30. The van der Waals surface area contributed by atoms with E-state index in [-0.39, 0.29) is 5.43 Å². The van der Waals surface area contributed by atoms with E-state index in [1.165, 1.54) is 0 Å². The van der Waals surface area contributed by atoms with Crippen LogP contribution in [0.1, 0.15) is 0 Å². The maximum Gasteiger partial charge on any atom is 0.199 e. The van der Waals surface area contributed by atoms with Crippen molar-refractivity contribution in [3.63, 3.8) is 0 Å². The van der Waals surface area contributed by atoms with Gasteiger partial charge in [0.2, 0.25) is 0 Å². The molecule has 0 atom stereocenters. The normalized spacial score (nSPS) is 11.0. The van der Waals surface area contributed by atoms with Crippen molar-refractivity contribution in [2.24, 2.45) is 0 Å². The van der Waals surface area contributed by atoms with Crippen LogP contribution in [0.2, 0.25) is 0 Å². The molecule has 0 saturated heterocycles. The largest absolute Gasteiger partial charge is 0.354 e. The van der Waals surface area contributed by atoms with Gasteiger partial charge in [-0.05, 0) is 36.4 Å². The van der Waals surface area contributed by atoms with E-state index < -0.39 is 0 Å². The summed E-state index contributed by atoms with van der Waals surface area (Å²) in [4.78, 5) is 16.3. The number of anilines is 2. The minimum atomic E-state index is 0.0327. The van der Waals surface area contributed by atoms with Crippen molar-refractivity contribution >= 4 is 49.3 Å². The molecule has 23 heavy (non-hydrogen) atoms. The average molecular weight is 365 g/mol. The number of pyridine rings is 1. The van der Waals surface area contributed by atoms with Gasteiger partial charge in [0, 0.05) is 10.9 Å². The van der Waals surface area contributed by atoms with Gasteiger partial charge in [0.05, 0.1) is 38.4 Å². The first-order valence-corrected chi connectivity index (χ1v) is 8.01. The highest BCUT2D eigenvalue weighted by atomic mass is 79.9. The maximum atomic E-state index is 13.0. The Hall–Kier alpha value is -2.59. The zero-order valence-corrected chi connectivity index (χ0v) is 13.7. The van der Waals surface area contributed by atoms with Gasteiger partial charge in [-0.3, -0.25) is 8.72 Å². The minimum absolute atomic E-state index is 0.0327. The second-order valence-electron chi connectivity index (χ2n) is 5.32. The second-order valence-corrected chi connectivity index (χ2v) is 6.03. The van der Waals surface area contributed by atoms with Crippen molar-refractivity contribution in [1.82, 2.24) is 4.98 Å². The number of nitrogens with one attached hydrogen (secondary N) is 1. The smallest absolute Gasteiger partial charge is 0.199 e. The number of aromatic nitrogens is 1. The lowest BCUT2D eigenvalue weighted by atomic mass is 10.1. The Kier molecular flexibility index (Phi) is 3.39. The Morgan fingerprint density at radius 1 is 0.783 bits per heavy atom. The maximum absolute atomic E-state index is 13.0. The quantitative estimate of drug-likeness (QED) is 0.395. The Morgan fingerprint density at radius 3 is 2.30 bits per heavy atom. The fourth-order valence-corrected chi connectivity index (χ4v) is 3.35. The molecule has 0 unspecified atom stereocenters. The van der Waals surface area contributed by atoms with E-state index in [0.717, 1.165) is 22.4 Å². The number of halogens is 1. The Labute approximate surface area is 141 Å². The summed E-state index contributed by atoms with van der Waals surface area (Å²) in [5.41, 5.74) is 3.49. The highest BCUT2D eigenvalue weighted by Gasteiger charge is 2.14.